The van der Waals surface area contributed by atoms with Gasteiger partial charge in [-0.15, -0.1) is 0 Å². The monoisotopic (exact) mass is 369 g/mol. The molecule has 0 bridgehead atoms. The molecule has 0 aromatic heterocycles. The van der Waals surface area contributed by atoms with Crippen LogP contribution in [0.4, 0.5) is 16.2 Å². The molecule has 2 heterocycles. The maximum atomic E-state index is 12.7. The van der Waals surface area contributed by atoms with Gasteiger partial charge in [-0.25, -0.2) is 4.79 Å². The molecule has 0 atom stereocenters. The highest BCUT2D eigenvalue weighted by atomic mass is 16.7. The van der Waals surface area contributed by atoms with Crippen LogP contribution in [0.25, 0.3) is 0 Å². The van der Waals surface area contributed by atoms with Gasteiger partial charge in [-0.3, -0.25) is 9.69 Å². The second kappa shape index (κ2) is 7.06. The molecule has 2 aromatic carbocycles. The van der Waals surface area contributed by atoms with Crippen molar-refractivity contribution in [1.29, 1.82) is 0 Å². The fourth-order valence-electron chi connectivity index (χ4n) is 3.10. The highest BCUT2D eigenvalue weighted by Gasteiger charge is 2.31. The van der Waals surface area contributed by atoms with Crippen molar-refractivity contribution in [2.24, 2.45) is 0 Å². The maximum absolute atomic E-state index is 12.7. The molecule has 0 spiro atoms. The van der Waals surface area contributed by atoms with Gasteiger partial charge in [0, 0.05) is 36.6 Å². The number of ether oxygens (including phenoxy) is 3. The van der Waals surface area contributed by atoms with Crippen molar-refractivity contribution in [3.05, 3.63) is 42.5 Å². The highest BCUT2D eigenvalue weighted by molar-refractivity contribution is 5.99. The van der Waals surface area contributed by atoms with Gasteiger partial charge >= 0.3 is 6.03 Å². The number of nitrogens with zero attached hydrogens (tertiary/aromatic N) is 2. The fraction of sp³-hybridized carbons (Fsp3) is 0.263. The van der Waals surface area contributed by atoms with Gasteiger partial charge < -0.3 is 24.4 Å². The van der Waals surface area contributed by atoms with Crippen molar-refractivity contribution >= 4 is 23.3 Å². The molecule has 3 amide bonds. The van der Waals surface area contributed by atoms with Gasteiger partial charge in [-0.2, -0.15) is 0 Å². The van der Waals surface area contributed by atoms with E-state index in [2.05, 4.69) is 5.32 Å². The fourth-order valence-corrected chi connectivity index (χ4v) is 3.10. The Kier molecular flexibility index (Phi) is 4.45. The van der Waals surface area contributed by atoms with Crippen molar-refractivity contribution in [2.45, 2.75) is 0 Å². The van der Waals surface area contributed by atoms with Crippen molar-refractivity contribution in [1.82, 2.24) is 4.90 Å². The predicted octanol–water partition coefficient (Wildman–Crippen LogP) is 2.30. The number of amides is 3. The smallest absolute Gasteiger partial charge is 0.325 e. The Morgan fingerprint density at radius 3 is 2.85 bits per heavy atom. The summed E-state index contributed by atoms with van der Waals surface area (Å²) in [5.41, 5.74) is 1.35. The number of nitrogens with one attached hydrogen (secondary N) is 1. The van der Waals surface area contributed by atoms with Gasteiger partial charge in [-0.05, 0) is 24.3 Å². The third-order valence-electron chi connectivity index (χ3n) is 4.45. The summed E-state index contributed by atoms with van der Waals surface area (Å²) in [5, 5.41) is 2.78. The van der Waals surface area contributed by atoms with Crippen molar-refractivity contribution in [2.75, 3.05) is 43.8 Å². The molecule has 0 unspecified atom stereocenters. The minimum absolute atomic E-state index is 0.0168. The van der Waals surface area contributed by atoms with Crippen LogP contribution in [0.1, 0.15) is 0 Å². The number of hydrogen-bond acceptors (Lipinski definition) is 5. The average molecular weight is 369 g/mol. The Morgan fingerprint density at radius 1 is 1.15 bits per heavy atom. The van der Waals surface area contributed by atoms with Crippen LogP contribution in [-0.4, -0.2) is 50.4 Å². The van der Waals surface area contributed by atoms with Gasteiger partial charge in [0.1, 0.15) is 12.3 Å². The molecule has 1 saturated heterocycles. The Hall–Kier alpha value is -3.42. The molecule has 140 valence electrons. The molecule has 1 N–H and O–H groups in total. The first-order valence-corrected chi connectivity index (χ1v) is 8.54. The second-order valence-corrected chi connectivity index (χ2v) is 6.17. The maximum Gasteiger partial charge on any atom is 0.325 e. The van der Waals surface area contributed by atoms with Crippen LogP contribution in [0, 0.1) is 0 Å². The molecule has 0 saturated carbocycles. The van der Waals surface area contributed by atoms with Gasteiger partial charge in [0.25, 0.3) is 0 Å². The molecule has 2 aromatic rings. The number of methoxy groups -OCH3 is 1. The van der Waals surface area contributed by atoms with Crippen LogP contribution in [-0.2, 0) is 4.79 Å². The largest absolute Gasteiger partial charge is 0.497 e. The van der Waals surface area contributed by atoms with Crippen LogP contribution >= 0.6 is 0 Å². The molecule has 4 rings (SSSR count). The van der Waals surface area contributed by atoms with Crippen LogP contribution in [0.15, 0.2) is 42.5 Å². The summed E-state index contributed by atoms with van der Waals surface area (Å²) in [7, 11) is 1.56. The zero-order chi connectivity index (χ0) is 18.8. The molecule has 0 aliphatic carbocycles. The van der Waals surface area contributed by atoms with E-state index in [9.17, 15) is 9.59 Å². The molecular formula is C19H19N3O5. The second-order valence-electron chi connectivity index (χ2n) is 6.17. The van der Waals surface area contributed by atoms with Crippen LogP contribution in [0.2, 0.25) is 0 Å². The van der Waals surface area contributed by atoms with E-state index in [-0.39, 0.29) is 25.3 Å². The van der Waals surface area contributed by atoms with E-state index in [0.717, 1.165) is 5.69 Å². The Bertz CT molecular complexity index is 885. The van der Waals surface area contributed by atoms with Crippen molar-refractivity contribution in [3.8, 4) is 17.2 Å². The van der Waals surface area contributed by atoms with Gasteiger partial charge in [0.15, 0.2) is 11.5 Å². The molecule has 2 aliphatic rings. The predicted molar refractivity (Wildman–Crippen MR) is 98.5 cm³/mol. The summed E-state index contributed by atoms with van der Waals surface area (Å²) >= 11 is 0. The molecule has 8 heteroatoms. The number of urea groups is 1. The topological polar surface area (TPSA) is 80.3 Å². The highest BCUT2D eigenvalue weighted by Crippen LogP contribution is 2.36. The lowest BCUT2D eigenvalue weighted by Crippen LogP contribution is -2.37. The number of fused-ring (bicyclic) bond motifs is 1. The summed E-state index contributed by atoms with van der Waals surface area (Å²) in [6, 6.07) is 12.2. The molecule has 1 fully saturated rings. The minimum atomic E-state index is -0.260. The number of benzene rings is 2. The van der Waals surface area contributed by atoms with Gasteiger partial charge in [0.2, 0.25) is 12.7 Å². The molecule has 8 nitrogen and oxygen atoms in total. The van der Waals surface area contributed by atoms with Crippen LogP contribution in [0.5, 0.6) is 17.2 Å². The zero-order valence-electron chi connectivity index (χ0n) is 14.8. The number of carbonyl (C=O) groups excluding carboxylic acids is 2. The van der Waals surface area contributed by atoms with E-state index < -0.39 is 0 Å². The first kappa shape index (κ1) is 17.0. The SMILES string of the molecule is COc1cccc(NC(=O)CN2CCN(c3ccc4c(c3)OCO4)C2=O)c1. The first-order valence-electron chi connectivity index (χ1n) is 8.54. The summed E-state index contributed by atoms with van der Waals surface area (Å²) < 4.78 is 15.8. The lowest BCUT2D eigenvalue weighted by atomic mass is 10.2. The summed E-state index contributed by atoms with van der Waals surface area (Å²) in [6.07, 6.45) is 0. The normalized spacial score (nSPS) is 15.2. The summed E-state index contributed by atoms with van der Waals surface area (Å²) in [6.45, 7) is 1.14. The quantitative estimate of drug-likeness (QED) is 0.875. The Morgan fingerprint density at radius 2 is 2.00 bits per heavy atom. The Balaban J connectivity index is 1.39. The van der Waals surface area contributed by atoms with E-state index in [0.29, 0.717) is 36.0 Å². The lowest BCUT2D eigenvalue weighted by Gasteiger charge is -2.18. The molecular weight excluding hydrogens is 350 g/mol. The average Bonchev–Trinajstić information content (AvgIpc) is 3.28. The number of hydrogen-bond donors (Lipinski definition) is 1. The first-order chi connectivity index (χ1) is 13.1. The van der Waals surface area contributed by atoms with Crippen LogP contribution in [0.3, 0.4) is 0 Å². The van der Waals surface area contributed by atoms with E-state index in [1.54, 1.807) is 48.4 Å². The van der Waals surface area contributed by atoms with E-state index in [4.69, 9.17) is 14.2 Å². The molecule has 27 heavy (non-hydrogen) atoms. The minimum Gasteiger partial charge on any atom is -0.497 e. The van der Waals surface area contributed by atoms with Gasteiger partial charge in [-0.1, -0.05) is 6.07 Å². The number of rotatable bonds is 5. The zero-order valence-corrected chi connectivity index (χ0v) is 14.8. The number of anilines is 2. The molecule has 0 radical (unpaired) electrons. The third-order valence-corrected chi connectivity index (χ3v) is 4.45. The summed E-state index contributed by atoms with van der Waals surface area (Å²) in [4.78, 5) is 28.1. The summed E-state index contributed by atoms with van der Waals surface area (Å²) in [5.74, 6) is 1.68. The Labute approximate surface area is 156 Å². The van der Waals surface area contributed by atoms with Crippen molar-refractivity contribution < 1.29 is 23.8 Å². The van der Waals surface area contributed by atoms with Crippen LogP contribution < -0.4 is 24.4 Å². The van der Waals surface area contributed by atoms with Crippen molar-refractivity contribution in [3.63, 3.8) is 0 Å². The van der Waals surface area contributed by atoms with E-state index in [1.807, 2.05) is 6.07 Å². The van der Waals surface area contributed by atoms with E-state index >= 15 is 0 Å². The van der Waals surface area contributed by atoms with Gasteiger partial charge in [0.05, 0.1) is 7.11 Å². The van der Waals surface area contributed by atoms with E-state index in [1.165, 1.54) is 4.90 Å². The molecule has 2 aliphatic heterocycles. The third kappa shape index (κ3) is 3.46. The standard InChI is InChI=1S/C19H19N3O5/c1-25-15-4-2-3-13(9-15)20-18(23)11-21-7-8-22(19(21)24)14-5-6-16-17(10-14)27-12-26-16/h2-6,9-10H,7-8,11-12H2,1H3,(H,20,23). The lowest BCUT2D eigenvalue weighted by molar-refractivity contribution is -0.116. The number of carbonyl (C=O) groups is 2.